The van der Waals surface area contributed by atoms with Gasteiger partial charge < -0.3 is 14.2 Å². The maximum Gasteiger partial charge on any atom is 0.306 e. The normalized spacial score (nSPS) is 12.0. The van der Waals surface area contributed by atoms with Crippen molar-refractivity contribution in [3.63, 3.8) is 0 Å². The van der Waals surface area contributed by atoms with Crippen molar-refractivity contribution in [2.75, 3.05) is 13.2 Å². The Balaban J connectivity index is 4.14. The highest BCUT2D eigenvalue weighted by atomic mass is 16.6. The van der Waals surface area contributed by atoms with Crippen LogP contribution in [0.4, 0.5) is 0 Å². The number of carbonyl (C=O) groups is 3. The lowest BCUT2D eigenvalue weighted by atomic mass is 10.0. The van der Waals surface area contributed by atoms with Gasteiger partial charge in [0.05, 0.1) is 0 Å². The Morgan fingerprint density at radius 1 is 0.302 bits per heavy atom. The Labute approximate surface area is 393 Å². The summed E-state index contributed by atoms with van der Waals surface area (Å²) in [6.07, 6.45) is 52.6. The van der Waals surface area contributed by atoms with Gasteiger partial charge in [0.15, 0.2) is 6.10 Å². The van der Waals surface area contributed by atoms with E-state index < -0.39 is 6.10 Å². The summed E-state index contributed by atoms with van der Waals surface area (Å²) in [6, 6.07) is 0. The van der Waals surface area contributed by atoms with E-state index in [4.69, 9.17) is 14.2 Å². The van der Waals surface area contributed by atoms with E-state index in [1.165, 1.54) is 205 Å². The molecule has 0 spiro atoms. The average molecular weight is 892 g/mol. The van der Waals surface area contributed by atoms with Crippen molar-refractivity contribution in [2.45, 2.75) is 323 Å². The van der Waals surface area contributed by atoms with Crippen molar-refractivity contribution in [2.24, 2.45) is 11.8 Å². The SMILES string of the molecule is CCCCCCCCCC(=O)OC[C@@H](COC(=O)CCCCCCCCCCCCCCCCC(C)C)OC(=O)CCCCCCCCCCCCCCCCCCCCC(C)C. The molecule has 0 fully saturated rings. The molecule has 0 saturated carbocycles. The van der Waals surface area contributed by atoms with Gasteiger partial charge in [0, 0.05) is 19.3 Å². The highest BCUT2D eigenvalue weighted by Gasteiger charge is 2.19. The van der Waals surface area contributed by atoms with E-state index in [1.54, 1.807) is 0 Å². The molecule has 0 rings (SSSR count). The summed E-state index contributed by atoms with van der Waals surface area (Å²) >= 11 is 0. The third kappa shape index (κ3) is 51.3. The molecule has 0 aliphatic carbocycles. The number of hydrogen-bond donors (Lipinski definition) is 0. The van der Waals surface area contributed by atoms with Gasteiger partial charge in [0.2, 0.25) is 0 Å². The van der Waals surface area contributed by atoms with E-state index in [9.17, 15) is 14.4 Å². The van der Waals surface area contributed by atoms with Crippen LogP contribution in [0, 0.1) is 11.8 Å². The smallest absolute Gasteiger partial charge is 0.306 e. The standard InChI is InChI=1S/C57H110O6/c1-6-7-8-9-30-37-42-47-55(58)61-50-54(51-62-56(59)48-43-38-33-28-24-20-17-16-19-23-27-32-36-41-46-53(4)5)63-57(60)49-44-39-34-29-25-21-15-13-11-10-12-14-18-22-26-31-35-40-45-52(2)3/h52-54H,6-51H2,1-5H3/t54-/m0/s1. The first kappa shape index (κ1) is 61.4. The van der Waals surface area contributed by atoms with Gasteiger partial charge in [0.1, 0.15) is 13.2 Å². The molecule has 6 nitrogen and oxygen atoms in total. The summed E-state index contributed by atoms with van der Waals surface area (Å²) in [5.41, 5.74) is 0. The van der Waals surface area contributed by atoms with Crippen LogP contribution >= 0.6 is 0 Å². The predicted molar refractivity (Wildman–Crippen MR) is 270 cm³/mol. The molecule has 0 aromatic carbocycles. The molecule has 0 N–H and O–H groups in total. The summed E-state index contributed by atoms with van der Waals surface area (Å²) in [6.45, 7) is 11.4. The third-order valence-electron chi connectivity index (χ3n) is 13.0. The molecule has 63 heavy (non-hydrogen) atoms. The number of hydrogen-bond acceptors (Lipinski definition) is 6. The fraction of sp³-hybridized carbons (Fsp3) is 0.947. The first-order valence-corrected chi connectivity index (χ1v) is 28.2. The summed E-state index contributed by atoms with van der Waals surface area (Å²) in [7, 11) is 0. The van der Waals surface area contributed by atoms with E-state index in [0.29, 0.717) is 19.3 Å². The Morgan fingerprint density at radius 3 is 0.778 bits per heavy atom. The molecule has 0 amide bonds. The van der Waals surface area contributed by atoms with Crippen LogP contribution in [-0.4, -0.2) is 37.2 Å². The van der Waals surface area contributed by atoms with E-state index >= 15 is 0 Å². The lowest BCUT2D eigenvalue weighted by molar-refractivity contribution is -0.167. The summed E-state index contributed by atoms with van der Waals surface area (Å²) in [5, 5.41) is 0. The number of carbonyl (C=O) groups excluding carboxylic acids is 3. The molecule has 0 bridgehead atoms. The third-order valence-corrected chi connectivity index (χ3v) is 13.0. The lowest BCUT2D eigenvalue weighted by Crippen LogP contribution is -2.30. The predicted octanol–water partition coefficient (Wildman–Crippen LogP) is 18.5. The minimum absolute atomic E-state index is 0.0633. The zero-order valence-electron chi connectivity index (χ0n) is 43.2. The molecule has 0 aliphatic heterocycles. The molecule has 0 aromatic heterocycles. The number of ether oxygens (including phenoxy) is 3. The molecule has 0 saturated heterocycles. The van der Waals surface area contributed by atoms with Gasteiger partial charge >= 0.3 is 17.9 Å². The quantitative estimate of drug-likeness (QED) is 0.0344. The zero-order valence-corrected chi connectivity index (χ0v) is 43.2. The lowest BCUT2D eigenvalue weighted by Gasteiger charge is -2.18. The van der Waals surface area contributed by atoms with Crippen LogP contribution in [-0.2, 0) is 28.6 Å². The fourth-order valence-corrected chi connectivity index (χ4v) is 8.70. The first-order chi connectivity index (χ1) is 30.7. The van der Waals surface area contributed by atoms with Gasteiger partial charge in [-0.25, -0.2) is 0 Å². The highest BCUT2D eigenvalue weighted by Crippen LogP contribution is 2.18. The second-order valence-electron chi connectivity index (χ2n) is 20.5. The maximum atomic E-state index is 12.8. The Kier molecular flexibility index (Phi) is 48.6. The van der Waals surface area contributed by atoms with Crippen LogP contribution in [0.25, 0.3) is 0 Å². The zero-order chi connectivity index (χ0) is 46.1. The number of esters is 3. The molecule has 374 valence electrons. The van der Waals surface area contributed by atoms with E-state index in [1.807, 2.05) is 0 Å². The molecule has 6 heteroatoms. The topological polar surface area (TPSA) is 78.9 Å². The van der Waals surface area contributed by atoms with Gasteiger partial charge in [-0.2, -0.15) is 0 Å². The minimum atomic E-state index is -0.761. The summed E-state index contributed by atoms with van der Waals surface area (Å²) in [4.78, 5) is 37.9. The van der Waals surface area contributed by atoms with Gasteiger partial charge in [-0.15, -0.1) is 0 Å². The van der Waals surface area contributed by atoms with Crippen molar-refractivity contribution in [3.8, 4) is 0 Å². The fourth-order valence-electron chi connectivity index (χ4n) is 8.70. The minimum Gasteiger partial charge on any atom is -0.462 e. The largest absolute Gasteiger partial charge is 0.462 e. The number of rotatable bonds is 51. The van der Waals surface area contributed by atoms with Crippen molar-refractivity contribution in [1.82, 2.24) is 0 Å². The van der Waals surface area contributed by atoms with Gasteiger partial charge in [-0.05, 0) is 31.1 Å². The van der Waals surface area contributed by atoms with Crippen molar-refractivity contribution in [1.29, 1.82) is 0 Å². The van der Waals surface area contributed by atoms with Crippen molar-refractivity contribution in [3.05, 3.63) is 0 Å². The molecule has 0 heterocycles. The van der Waals surface area contributed by atoms with Gasteiger partial charge in [-0.3, -0.25) is 14.4 Å². The molecule has 0 radical (unpaired) electrons. The van der Waals surface area contributed by atoms with Crippen LogP contribution in [0.2, 0.25) is 0 Å². The van der Waals surface area contributed by atoms with E-state index in [-0.39, 0.29) is 31.1 Å². The van der Waals surface area contributed by atoms with Crippen LogP contribution in [0.15, 0.2) is 0 Å². The second kappa shape index (κ2) is 49.8. The van der Waals surface area contributed by atoms with Crippen LogP contribution in [0.1, 0.15) is 317 Å². The average Bonchev–Trinajstić information content (AvgIpc) is 3.25. The summed E-state index contributed by atoms with van der Waals surface area (Å²) in [5.74, 6) is 0.855. The Hall–Kier alpha value is -1.59. The molecule has 0 aliphatic rings. The van der Waals surface area contributed by atoms with E-state index in [2.05, 4.69) is 34.6 Å². The Morgan fingerprint density at radius 2 is 0.524 bits per heavy atom. The van der Waals surface area contributed by atoms with Crippen molar-refractivity contribution < 1.29 is 28.6 Å². The Bertz CT molecular complexity index is 962. The van der Waals surface area contributed by atoms with Crippen molar-refractivity contribution >= 4 is 17.9 Å². The van der Waals surface area contributed by atoms with Crippen LogP contribution in [0.3, 0.4) is 0 Å². The monoisotopic (exact) mass is 891 g/mol. The van der Waals surface area contributed by atoms with Gasteiger partial charge in [-0.1, -0.05) is 279 Å². The second-order valence-corrected chi connectivity index (χ2v) is 20.5. The summed E-state index contributed by atoms with van der Waals surface area (Å²) < 4.78 is 16.8. The van der Waals surface area contributed by atoms with E-state index in [0.717, 1.165) is 69.6 Å². The van der Waals surface area contributed by atoms with Crippen LogP contribution in [0.5, 0.6) is 0 Å². The first-order valence-electron chi connectivity index (χ1n) is 28.2. The molecule has 0 aromatic rings. The van der Waals surface area contributed by atoms with Gasteiger partial charge in [0.25, 0.3) is 0 Å². The molecule has 1 atom stereocenters. The molecular weight excluding hydrogens is 781 g/mol. The molecule has 0 unspecified atom stereocenters. The van der Waals surface area contributed by atoms with Crippen LogP contribution < -0.4 is 0 Å². The molecular formula is C57H110O6. The maximum absolute atomic E-state index is 12.8. The highest BCUT2D eigenvalue weighted by molar-refractivity contribution is 5.71. The number of unbranched alkanes of at least 4 members (excludes halogenated alkanes) is 36.